The number of hydrazone groups is 1. The van der Waals surface area contributed by atoms with Crippen molar-refractivity contribution in [2.24, 2.45) is 5.10 Å². The molecular formula is C25H32N4O4S. The molecule has 0 N–H and O–H groups in total. The van der Waals surface area contributed by atoms with Crippen molar-refractivity contribution in [3.8, 4) is 5.75 Å². The van der Waals surface area contributed by atoms with E-state index < -0.39 is 0 Å². The summed E-state index contributed by atoms with van der Waals surface area (Å²) in [7, 11) is 1.63. The Morgan fingerprint density at radius 2 is 1.97 bits per heavy atom. The molecule has 0 saturated carbocycles. The van der Waals surface area contributed by atoms with Gasteiger partial charge in [-0.15, -0.1) is 11.3 Å². The van der Waals surface area contributed by atoms with Crippen molar-refractivity contribution in [1.29, 1.82) is 0 Å². The minimum Gasteiger partial charge on any atom is -0.497 e. The summed E-state index contributed by atoms with van der Waals surface area (Å²) >= 11 is 1.61. The molecule has 2 amide bonds. The number of carbonyl (C=O) groups excluding carboxylic acids is 2. The maximum atomic E-state index is 13.5. The predicted molar refractivity (Wildman–Crippen MR) is 132 cm³/mol. The highest BCUT2D eigenvalue weighted by molar-refractivity contribution is 7.12. The number of carbonyl (C=O) groups is 2. The number of amides is 2. The summed E-state index contributed by atoms with van der Waals surface area (Å²) in [6.45, 7) is 6.21. The molecule has 0 bridgehead atoms. The molecule has 4 rings (SSSR count). The first-order valence-electron chi connectivity index (χ1n) is 11.7. The van der Waals surface area contributed by atoms with E-state index in [2.05, 4.69) is 4.90 Å². The third kappa shape index (κ3) is 5.84. The molecule has 182 valence electrons. The number of hydrogen-bond acceptors (Lipinski definition) is 7. The van der Waals surface area contributed by atoms with Crippen molar-refractivity contribution in [3.63, 3.8) is 0 Å². The minimum absolute atomic E-state index is 0.0187. The lowest BCUT2D eigenvalue weighted by molar-refractivity contribution is -0.141. The van der Waals surface area contributed by atoms with Gasteiger partial charge >= 0.3 is 0 Å². The fraction of sp³-hybridized carbons (Fsp3) is 0.480. The zero-order valence-electron chi connectivity index (χ0n) is 19.8. The Hall–Kier alpha value is -2.75. The second kappa shape index (κ2) is 11.6. The Morgan fingerprint density at radius 3 is 2.62 bits per heavy atom. The van der Waals surface area contributed by atoms with Gasteiger partial charge in [-0.2, -0.15) is 5.10 Å². The van der Waals surface area contributed by atoms with Crippen LogP contribution in [0.25, 0.3) is 0 Å². The SMILES string of the molecule is CCC(=O)N(CCN1CCOCC1)CC(=O)N1N=C(c2cccs2)C[C@@H]1c1ccc(OC)cc1. The average molecular weight is 485 g/mol. The highest BCUT2D eigenvalue weighted by Gasteiger charge is 2.34. The van der Waals surface area contributed by atoms with Crippen molar-refractivity contribution >= 4 is 28.9 Å². The van der Waals surface area contributed by atoms with Crippen LogP contribution in [0.15, 0.2) is 46.9 Å². The van der Waals surface area contributed by atoms with Gasteiger partial charge in [0.15, 0.2) is 0 Å². The van der Waals surface area contributed by atoms with Crippen molar-refractivity contribution < 1.29 is 19.1 Å². The molecule has 1 atom stereocenters. The van der Waals surface area contributed by atoms with Gasteiger partial charge in [-0.3, -0.25) is 14.5 Å². The average Bonchev–Trinajstić information content (AvgIpc) is 3.57. The first-order valence-corrected chi connectivity index (χ1v) is 12.6. The highest BCUT2D eigenvalue weighted by Crippen LogP contribution is 2.34. The normalized spacial score (nSPS) is 18.6. The van der Waals surface area contributed by atoms with E-state index >= 15 is 0 Å². The third-order valence-corrected chi connectivity index (χ3v) is 7.16. The van der Waals surface area contributed by atoms with Gasteiger partial charge in [-0.1, -0.05) is 25.1 Å². The molecule has 0 unspecified atom stereocenters. The molecule has 0 radical (unpaired) electrons. The van der Waals surface area contributed by atoms with Crippen molar-refractivity contribution in [1.82, 2.24) is 14.8 Å². The molecule has 1 aromatic carbocycles. The second-order valence-corrected chi connectivity index (χ2v) is 9.33. The fourth-order valence-electron chi connectivity index (χ4n) is 4.26. The van der Waals surface area contributed by atoms with Crippen LogP contribution in [0.4, 0.5) is 0 Å². The molecule has 0 spiro atoms. The van der Waals surface area contributed by atoms with Crippen molar-refractivity contribution in [3.05, 3.63) is 52.2 Å². The van der Waals surface area contributed by atoms with E-state index in [0.717, 1.165) is 41.5 Å². The quantitative estimate of drug-likeness (QED) is 0.547. The summed E-state index contributed by atoms with van der Waals surface area (Å²) in [5, 5.41) is 8.32. The maximum Gasteiger partial charge on any atom is 0.262 e. The minimum atomic E-state index is -0.215. The van der Waals surface area contributed by atoms with Gasteiger partial charge in [0.25, 0.3) is 5.91 Å². The predicted octanol–water partition coefficient (Wildman–Crippen LogP) is 3.01. The number of ether oxygens (including phenoxy) is 2. The van der Waals surface area contributed by atoms with Crippen LogP contribution in [0.3, 0.4) is 0 Å². The summed E-state index contributed by atoms with van der Waals surface area (Å²) in [6.07, 6.45) is 0.996. The lowest BCUT2D eigenvalue weighted by atomic mass is 10.0. The molecule has 1 saturated heterocycles. The van der Waals surface area contributed by atoms with Crippen LogP contribution < -0.4 is 4.74 Å². The molecule has 34 heavy (non-hydrogen) atoms. The lowest BCUT2D eigenvalue weighted by Gasteiger charge is -2.31. The molecule has 1 aromatic heterocycles. The van der Waals surface area contributed by atoms with Gasteiger partial charge in [0.1, 0.15) is 12.3 Å². The fourth-order valence-corrected chi connectivity index (χ4v) is 4.98. The zero-order valence-corrected chi connectivity index (χ0v) is 20.6. The first-order chi connectivity index (χ1) is 16.6. The van der Waals surface area contributed by atoms with Gasteiger partial charge in [0.2, 0.25) is 5.91 Å². The Balaban J connectivity index is 1.51. The molecule has 1 fully saturated rings. The molecule has 2 aromatic rings. The highest BCUT2D eigenvalue weighted by atomic mass is 32.1. The van der Waals surface area contributed by atoms with Crippen LogP contribution in [0, 0.1) is 0 Å². The second-order valence-electron chi connectivity index (χ2n) is 8.38. The van der Waals surface area contributed by atoms with Gasteiger partial charge < -0.3 is 14.4 Å². The topological polar surface area (TPSA) is 74.7 Å². The summed E-state index contributed by atoms with van der Waals surface area (Å²) in [4.78, 5) is 31.2. The van der Waals surface area contributed by atoms with Gasteiger partial charge in [-0.25, -0.2) is 5.01 Å². The summed E-state index contributed by atoms with van der Waals surface area (Å²) < 4.78 is 10.7. The van der Waals surface area contributed by atoms with Crippen molar-refractivity contribution in [2.75, 3.05) is 53.0 Å². The number of nitrogens with zero attached hydrogens (tertiary/aromatic N) is 4. The smallest absolute Gasteiger partial charge is 0.262 e. The van der Waals surface area contributed by atoms with E-state index in [1.165, 1.54) is 0 Å². The van der Waals surface area contributed by atoms with Crippen LogP contribution >= 0.6 is 11.3 Å². The van der Waals surface area contributed by atoms with Gasteiger partial charge in [0, 0.05) is 39.0 Å². The molecule has 8 nitrogen and oxygen atoms in total. The molecule has 2 aliphatic rings. The number of rotatable bonds is 9. The van der Waals surface area contributed by atoms with Crippen LogP contribution in [-0.2, 0) is 14.3 Å². The summed E-state index contributed by atoms with van der Waals surface area (Å²) in [6, 6.07) is 11.6. The number of benzene rings is 1. The Labute approximate surface area is 204 Å². The molecule has 9 heteroatoms. The zero-order chi connectivity index (χ0) is 23.9. The Bertz CT molecular complexity index is 987. The van der Waals surface area contributed by atoms with Crippen LogP contribution in [0.5, 0.6) is 5.75 Å². The Kier molecular flexibility index (Phi) is 8.31. The largest absolute Gasteiger partial charge is 0.497 e. The number of morpholine rings is 1. The summed E-state index contributed by atoms with van der Waals surface area (Å²) in [5.74, 6) is 0.572. The van der Waals surface area contributed by atoms with Gasteiger partial charge in [0.05, 0.1) is 37.0 Å². The monoisotopic (exact) mass is 484 g/mol. The first kappa shape index (κ1) is 24.4. The third-order valence-electron chi connectivity index (χ3n) is 6.24. The molecule has 0 aliphatic carbocycles. The van der Waals surface area contributed by atoms with Crippen LogP contribution in [0.1, 0.15) is 36.2 Å². The van der Waals surface area contributed by atoms with E-state index in [1.807, 2.05) is 48.7 Å². The number of hydrogen-bond donors (Lipinski definition) is 0. The Morgan fingerprint density at radius 1 is 1.21 bits per heavy atom. The van der Waals surface area contributed by atoms with E-state index in [1.54, 1.807) is 28.4 Å². The van der Waals surface area contributed by atoms with Gasteiger partial charge in [-0.05, 0) is 29.1 Å². The molecule has 2 aliphatic heterocycles. The van der Waals surface area contributed by atoms with E-state index in [9.17, 15) is 9.59 Å². The number of thiophene rings is 1. The lowest BCUT2D eigenvalue weighted by Crippen LogP contribution is -2.46. The van der Waals surface area contributed by atoms with E-state index in [-0.39, 0.29) is 24.4 Å². The van der Waals surface area contributed by atoms with Crippen LogP contribution in [0.2, 0.25) is 0 Å². The van der Waals surface area contributed by atoms with Crippen molar-refractivity contribution in [2.45, 2.75) is 25.8 Å². The molecular weight excluding hydrogens is 452 g/mol. The van der Waals surface area contributed by atoms with E-state index in [0.29, 0.717) is 32.6 Å². The van der Waals surface area contributed by atoms with E-state index in [4.69, 9.17) is 14.6 Å². The maximum absolute atomic E-state index is 13.5. The number of methoxy groups -OCH3 is 1. The van der Waals surface area contributed by atoms with Crippen LogP contribution in [-0.4, -0.2) is 85.4 Å². The summed E-state index contributed by atoms with van der Waals surface area (Å²) in [5.41, 5.74) is 1.89. The standard InChI is InChI=1S/C25H32N4O4S/c1-3-24(30)28(11-10-27-12-14-33-15-13-27)18-25(31)29-22(19-6-8-20(32-2)9-7-19)17-21(26-29)23-5-4-16-34-23/h4-9,16,22H,3,10-15,17-18H2,1-2H3/t22-/m1/s1. The molecule has 3 heterocycles.